The van der Waals surface area contributed by atoms with Crippen LogP contribution < -0.4 is 10.2 Å². The Morgan fingerprint density at radius 2 is 1.67 bits per heavy atom. The van der Waals surface area contributed by atoms with Gasteiger partial charge in [0.2, 0.25) is 11.8 Å². The third kappa shape index (κ3) is 4.95. The number of likely N-dealkylation sites (tertiary alicyclic amines) is 1. The molecule has 2 amide bonds. The van der Waals surface area contributed by atoms with Crippen LogP contribution in [0.5, 0.6) is 0 Å². The van der Waals surface area contributed by atoms with Gasteiger partial charge in [-0.05, 0) is 74.4 Å². The van der Waals surface area contributed by atoms with E-state index in [0.717, 1.165) is 38.8 Å². The maximum atomic E-state index is 15.0. The molecule has 0 aliphatic carbocycles. The lowest BCUT2D eigenvalue weighted by molar-refractivity contribution is -0.134. The van der Waals surface area contributed by atoms with Gasteiger partial charge in [-0.15, -0.1) is 0 Å². The lowest BCUT2D eigenvalue weighted by Crippen LogP contribution is -2.48. The van der Waals surface area contributed by atoms with E-state index in [-0.39, 0.29) is 29.1 Å². The van der Waals surface area contributed by atoms with Crippen LogP contribution in [-0.2, 0) is 9.59 Å². The number of anilines is 1. The number of nitrogens with one attached hydrogen (secondary N) is 1. The lowest BCUT2D eigenvalue weighted by Gasteiger charge is -2.42. The van der Waals surface area contributed by atoms with Crippen LogP contribution in [0.3, 0.4) is 0 Å². The Balaban J connectivity index is 1.16. The molecule has 192 valence electrons. The van der Waals surface area contributed by atoms with Gasteiger partial charge >= 0.3 is 0 Å². The first-order valence-corrected chi connectivity index (χ1v) is 12.8. The highest BCUT2D eigenvalue weighted by Crippen LogP contribution is 2.35. The summed E-state index contributed by atoms with van der Waals surface area (Å²) in [5.74, 6) is -3.31. The minimum absolute atomic E-state index is 0.0331. The first kappa shape index (κ1) is 25.0. The number of hydrogen-bond acceptors (Lipinski definition) is 5. The fourth-order valence-electron chi connectivity index (χ4n) is 5.75. The SMILES string of the molecule is O=C1CCC(c2cnc(N3CCC(N4CCC(c5ccc(Cl)c(F)c5F)CC4)CC3)c(F)c2)C(=O)N1. The van der Waals surface area contributed by atoms with Crippen LogP contribution >= 0.6 is 11.6 Å². The van der Waals surface area contributed by atoms with Crippen LogP contribution in [-0.4, -0.2) is 53.9 Å². The monoisotopic (exact) mass is 520 g/mol. The molecule has 5 rings (SSSR count). The number of halogens is 4. The molecule has 1 unspecified atom stereocenters. The molecule has 0 spiro atoms. The molecule has 4 heterocycles. The van der Waals surface area contributed by atoms with Crippen LogP contribution in [0.25, 0.3) is 0 Å². The Labute approximate surface area is 212 Å². The molecule has 1 aromatic heterocycles. The number of rotatable bonds is 4. The summed E-state index contributed by atoms with van der Waals surface area (Å²) >= 11 is 5.69. The van der Waals surface area contributed by atoms with Crippen molar-refractivity contribution in [3.05, 3.63) is 58.0 Å². The molecule has 3 fully saturated rings. The summed E-state index contributed by atoms with van der Waals surface area (Å²) in [4.78, 5) is 32.1. The summed E-state index contributed by atoms with van der Waals surface area (Å²) in [6, 6.07) is 4.71. The molecule has 3 saturated heterocycles. The number of amides is 2. The van der Waals surface area contributed by atoms with Gasteiger partial charge in [-0.1, -0.05) is 17.7 Å². The summed E-state index contributed by atoms with van der Waals surface area (Å²) in [5.41, 5.74) is 0.879. The first-order chi connectivity index (χ1) is 17.3. The van der Waals surface area contributed by atoms with Gasteiger partial charge in [-0.3, -0.25) is 14.9 Å². The van der Waals surface area contributed by atoms with E-state index in [0.29, 0.717) is 36.7 Å². The van der Waals surface area contributed by atoms with Crippen LogP contribution in [0.15, 0.2) is 24.4 Å². The first-order valence-electron chi connectivity index (χ1n) is 12.4. The quantitative estimate of drug-likeness (QED) is 0.474. The van der Waals surface area contributed by atoms with E-state index in [4.69, 9.17) is 11.6 Å². The maximum absolute atomic E-state index is 15.0. The van der Waals surface area contributed by atoms with Crippen molar-refractivity contribution < 1.29 is 22.8 Å². The standard InChI is InChI=1S/C26H28ClF3N4O2/c27-20-3-1-18(23(29)24(20)30)15-5-9-33(10-6-15)17-7-11-34(12-8-17)25-21(28)13-16(14-31-25)19-2-4-22(35)32-26(19)36/h1,3,13-15,17,19H,2,4-12H2,(H,32,35,36). The van der Waals surface area contributed by atoms with E-state index in [1.807, 2.05) is 4.90 Å². The van der Waals surface area contributed by atoms with Crippen LogP contribution in [0.2, 0.25) is 5.02 Å². The molecule has 0 saturated carbocycles. The second-order valence-corrected chi connectivity index (χ2v) is 10.3. The van der Waals surface area contributed by atoms with Crippen molar-refractivity contribution in [2.45, 2.75) is 56.4 Å². The zero-order valence-electron chi connectivity index (χ0n) is 19.8. The Bertz CT molecular complexity index is 1160. The second kappa shape index (κ2) is 10.4. The number of pyridine rings is 1. The van der Waals surface area contributed by atoms with E-state index < -0.39 is 29.3 Å². The van der Waals surface area contributed by atoms with Gasteiger partial charge in [-0.2, -0.15) is 0 Å². The molecule has 3 aliphatic rings. The van der Waals surface area contributed by atoms with Gasteiger partial charge in [0.1, 0.15) is 0 Å². The molecule has 3 aliphatic heterocycles. The molecule has 10 heteroatoms. The number of nitrogens with zero attached hydrogens (tertiary/aromatic N) is 3. The number of hydrogen-bond donors (Lipinski definition) is 1. The number of benzene rings is 1. The van der Waals surface area contributed by atoms with Crippen molar-refractivity contribution >= 4 is 29.2 Å². The van der Waals surface area contributed by atoms with E-state index in [1.165, 1.54) is 18.3 Å². The van der Waals surface area contributed by atoms with E-state index >= 15 is 0 Å². The fraction of sp³-hybridized carbons (Fsp3) is 0.500. The van der Waals surface area contributed by atoms with Gasteiger partial charge in [-0.25, -0.2) is 18.2 Å². The smallest absolute Gasteiger partial charge is 0.234 e. The Kier molecular flexibility index (Phi) is 7.21. The summed E-state index contributed by atoms with van der Waals surface area (Å²) in [7, 11) is 0. The van der Waals surface area contributed by atoms with Gasteiger partial charge in [0.05, 0.1) is 10.9 Å². The van der Waals surface area contributed by atoms with Gasteiger partial charge < -0.3 is 9.80 Å². The number of piperidine rings is 3. The van der Waals surface area contributed by atoms with E-state index in [2.05, 4.69) is 15.2 Å². The average molecular weight is 521 g/mol. The van der Waals surface area contributed by atoms with Crippen molar-refractivity contribution in [1.82, 2.24) is 15.2 Å². The van der Waals surface area contributed by atoms with E-state index in [9.17, 15) is 22.8 Å². The van der Waals surface area contributed by atoms with Crippen LogP contribution in [0, 0.1) is 17.5 Å². The Morgan fingerprint density at radius 3 is 2.33 bits per heavy atom. The number of carbonyl (C=O) groups is 2. The Hall–Kier alpha value is -2.65. The van der Waals surface area contributed by atoms with Gasteiger partial charge in [0, 0.05) is 31.7 Å². The summed E-state index contributed by atoms with van der Waals surface area (Å²) in [6.45, 7) is 2.91. The van der Waals surface area contributed by atoms with Crippen molar-refractivity contribution in [1.29, 1.82) is 0 Å². The molecule has 0 bridgehead atoms. The second-order valence-electron chi connectivity index (χ2n) is 9.87. The number of imide groups is 1. The lowest BCUT2D eigenvalue weighted by atomic mass is 9.87. The van der Waals surface area contributed by atoms with Crippen molar-refractivity contribution in [3.8, 4) is 0 Å². The van der Waals surface area contributed by atoms with Crippen molar-refractivity contribution in [2.75, 3.05) is 31.1 Å². The molecule has 36 heavy (non-hydrogen) atoms. The predicted octanol–water partition coefficient (Wildman–Crippen LogP) is 4.52. The molecule has 2 aromatic rings. The fourth-order valence-corrected chi connectivity index (χ4v) is 5.90. The molecular formula is C26H28ClF3N4O2. The highest BCUT2D eigenvalue weighted by atomic mass is 35.5. The van der Waals surface area contributed by atoms with Gasteiger partial charge in [0.15, 0.2) is 23.3 Å². The summed E-state index contributed by atoms with van der Waals surface area (Å²) < 4.78 is 43.2. The minimum atomic E-state index is -0.977. The zero-order valence-corrected chi connectivity index (χ0v) is 20.5. The topological polar surface area (TPSA) is 65.5 Å². The predicted molar refractivity (Wildman–Crippen MR) is 129 cm³/mol. The largest absolute Gasteiger partial charge is 0.354 e. The van der Waals surface area contributed by atoms with Gasteiger partial charge in [0.25, 0.3) is 0 Å². The molecule has 1 N–H and O–H groups in total. The zero-order chi connectivity index (χ0) is 25.4. The Morgan fingerprint density at radius 1 is 0.944 bits per heavy atom. The molecule has 1 aromatic carbocycles. The van der Waals surface area contributed by atoms with Crippen LogP contribution in [0.4, 0.5) is 19.0 Å². The summed E-state index contributed by atoms with van der Waals surface area (Å²) in [6.07, 6.45) is 5.32. The summed E-state index contributed by atoms with van der Waals surface area (Å²) in [5, 5.41) is 2.10. The van der Waals surface area contributed by atoms with Crippen molar-refractivity contribution in [2.24, 2.45) is 0 Å². The minimum Gasteiger partial charge on any atom is -0.354 e. The molecule has 1 atom stereocenters. The van der Waals surface area contributed by atoms with Crippen molar-refractivity contribution in [3.63, 3.8) is 0 Å². The average Bonchev–Trinajstić information content (AvgIpc) is 2.88. The molecule has 0 radical (unpaired) electrons. The highest BCUT2D eigenvalue weighted by Gasteiger charge is 2.32. The number of carbonyl (C=O) groups excluding carboxylic acids is 2. The molecular weight excluding hydrogens is 493 g/mol. The van der Waals surface area contributed by atoms with Crippen LogP contribution in [0.1, 0.15) is 61.5 Å². The molecule has 6 nitrogen and oxygen atoms in total. The third-order valence-corrected chi connectivity index (χ3v) is 8.09. The normalized spacial score (nSPS) is 22.7. The highest BCUT2D eigenvalue weighted by molar-refractivity contribution is 6.30. The maximum Gasteiger partial charge on any atom is 0.234 e. The third-order valence-electron chi connectivity index (χ3n) is 7.80. The number of aromatic nitrogens is 1. The van der Waals surface area contributed by atoms with E-state index in [1.54, 1.807) is 6.07 Å².